The van der Waals surface area contributed by atoms with Crippen LogP contribution in [0.2, 0.25) is 0 Å². The van der Waals surface area contributed by atoms with Crippen LogP contribution in [0.3, 0.4) is 0 Å². The lowest BCUT2D eigenvalue weighted by molar-refractivity contribution is 0.194. The number of unbranched alkanes of at least 4 members (excludes halogenated alkanes) is 2. The second kappa shape index (κ2) is 8.27. The largest absolute Gasteiger partial charge is 0.393 e. The highest BCUT2D eigenvalue weighted by molar-refractivity contribution is 4.89. The predicted molar refractivity (Wildman–Crippen MR) is 55.6 cm³/mol. The lowest BCUT2D eigenvalue weighted by atomic mass is 10.1. The smallest absolute Gasteiger partial charge is 0.0720 e. The van der Waals surface area contributed by atoms with Crippen molar-refractivity contribution in [1.29, 1.82) is 0 Å². The van der Waals surface area contributed by atoms with Gasteiger partial charge < -0.3 is 10.2 Å². The number of rotatable bonds is 7. The molecule has 2 N–H and O–H groups in total. The Bertz CT molecular complexity index is 130. The highest BCUT2D eigenvalue weighted by Gasteiger charge is 1.98. The molecule has 0 saturated heterocycles. The average molecular weight is 186 g/mol. The molecular weight excluding hydrogens is 164 g/mol. The predicted octanol–water partition coefficient (Wildman–Crippen LogP) is 2.25. The van der Waals surface area contributed by atoms with Gasteiger partial charge in [0.25, 0.3) is 0 Å². The Hall–Kier alpha value is -0.340. The van der Waals surface area contributed by atoms with Crippen molar-refractivity contribution in [2.24, 2.45) is 0 Å². The Kier molecular flexibility index (Phi) is 8.05. The molecule has 0 unspecified atom stereocenters. The minimum absolute atomic E-state index is 0.306. The molecule has 0 aromatic heterocycles. The summed E-state index contributed by atoms with van der Waals surface area (Å²) in [6, 6.07) is 0. The van der Waals surface area contributed by atoms with Gasteiger partial charge in [-0.3, -0.25) is 0 Å². The van der Waals surface area contributed by atoms with Crippen molar-refractivity contribution in [3.63, 3.8) is 0 Å². The van der Waals surface area contributed by atoms with Gasteiger partial charge in [0.1, 0.15) is 0 Å². The summed E-state index contributed by atoms with van der Waals surface area (Å²) in [4.78, 5) is 0. The first-order chi connectivity index (χ1) is 6.16. The zero-order valence-corrected chi connectivity index (χ0v) is 8.74. The van der Waals surface area contributed by atoms with E-state index in [1.54, 1.807) is 13.0 Å². The van der Waals surface area contributed by atoms with E-state index >= 15 is 0 Å². The Morgan fingerprint density at radius 1 is 1.23 bits per heavy atom. The van der Waals surface area contributed by atoms with Gasteiger partial charge in [-0.2, -0.15) is 0 Å². The van der Waals surface area contributed by atoms with Crippen molar-refractivity contribution in [2.75, 3.05) is 0 Å². The fourth-order valence-electron chi connectivity index (χ4n) is 1.13. The van der Waals surface area contributed by atoms with Crippen molar-refractivity contribution in [3.8, 4) is 0 Å². The zero-order chi connectivity index (χ0) is 10.1. The summed E-state index contributed by atoms with van der Waals surface area (Å²) in [6.07, 6.45) is 7.91. The fraction of sp³-hybridized carbons (Fsp3) is 0.818. The Labute approximate surface area is 81.3 Å². The van der Waals surface area contributed by atoms with Gasteiger partial charge in [-0.1, -0.05) is 38.3 Å². The third kappa shape index (κ3) is 9.57. The number of aliphatic hydroxyl groups excluding tert-OH is 2. The van der Waals surface area contributed by atoms with E-state index < -0.39 is 0 Å². The minimum atomic E-state index is -0.328. The van der Waals surface area contributed by atoms with E-state index in [4.69, 9.17) is 5.11 Å². The summed E-state index contributed by atoms with van der Waals surface area (Å²) in [5, 5.41) is 18.4. The minimum Gasteiger partial charge on any atom is -0.393 e. The Morgan fingerprint density at radius 3 is 2.46 bits per heavy atom. The normalized spacial score (nSPS) is 16.3. The van der Waals surface area contributed by atoms with Crippen LogP contribution in [0, 0.1) is 0 Å². The van der Waals surface area contributed by atoms with Gasteiger partial charge in [0.15, 0.2) is 0 Å². The molecule has 0 aromatic carbocycles. The van der Waals surface area contributed by atoms with Crippen LogP contribution in [0.25, 0.3) is 0 Å². The number of hydrogen-bond acceptors (Lipinski definition) is 2. The molecule has 0 amide bonds. The first-order valence-corrected chi connectivity index (χ1v) is 5.19. The molecule has 2 atom stereocenters. The third-order valence-electron chi connectivity index (χ3n) is 1.94. The molecular formula is C11H22O2. The summed E-state index contributed by atoms with van der Waals surface area (Å²) >= 11 is 0. The molecule has 0 heterocycles. The van der Waals surface area contributed by atoms with E-state index in [0.29, 0.717) is 6.42 Å². The van der Waals surface area contributed by atoms with Crippen LogP contribution in [-0.2, 0) is 0 Å². The Balaban J connectivity index is 3.38. The average Bonchev–Trinajstić information content (AvgIpc) is 2.04. The van der Waals surface area contributed by atoms with Gasteiger partial charge in [0.2, 0.25) is 0 Å². The second-order valence-electron chi connectivity index (χ2n) is 3.58. The molecule has 0 aromatic rings. The molecule has 2 nitrogen and oxygen atoms in total. The van der Waals surface area contributed by atoms with Crippen molar-refractivity contribution < 1.29 is 10.2 Å². The molecule has 0 spiro atoms. The van der Waals surface area contributed by atoms with Gasteiger partial charge >= 0.3 is 0 Å². The zero-order valence-electron chi connectivity index (χ0n) is 8.74. The third-order valence-corrected chi connectivity index (χ3v) is 1.94. The molecule has 0 fully saturated rings. The highest BCUT2D eigenvalue weighted by atomic mass is 16.3. The van der Waals surface area contributed by atoms with Gasteiger partial charge in [-0.05, 0) is 19.8 Å². The van der Waals surface area contributed by atoms with E-state index in [1.807, 2.05) is 6.08 Å². The van der Waals surface area contributed by atoms with Crippen LogP contribution < -0.4 is 0 Å². The van der Waals surface area contributed by atoms with Crippen molar-refractivity contribution >= 4 is 0 Å². The highest BCUT2D eigenvalue weighted by Crippen LogP contribution is 2.04. The number of aliphatic hydroxyl groups is 2. The molecule has 0 rings (SSSR count). The van der Waals surface area contributed by atoms with E-state index in [2.05, 4.69) is 6.92 Å². The van der Waals surface area contributed by atoms with Crippen molar-refractivity contribution in [1.82, 2.24) is 0 Å². The number of hydrogen-bond donors (Lipinski definition) is 2. The van der Waals surface area contributed by atoms with E-state index in [-0.39, 0.29) is 12.2 Å². The van der Waals surface area contributed by atoms with Crippen LogP contribution in [0.1, 0.15) is 46.0 Å². The lowest BCUT2D eigenvalue weighted by Gasteiger charge is -2.04. The molecule has 0 saturated carbocycles. The first kappa shape index (κ1) is 12.7. The second-order valence-corrected chi connectivity index (χ2v) is 3.58. The summed E-state index contributed by atoms with van der Waals surface area (Å²) < 4.78 is 0. The molecule has 0 aliphatic heterocycles. The molecule has 0 aliphatic carbocycles. The van der Waals surface area contributed by atoms with E-state index in [9.17, 15) is 5.11 Å². The van der Waals surface area contributed by atoms with Crippen LogP contribution in [-0.4, -0.2) is 22.4 Å². The molecule has 13 heavy (non-hydrogen) atoms. The quantitative estimate of drug-likeness (QED) is 0.473. The standard InChI is InChI=1S/C11H22O2/c1-3-4-5-8-11(13)9-6-7-10(2)12/h6,9-13H,3-5,7-8H2,1-2H3/b9-6-/t10-,11+/m0/s1. The fourth-order valence-corrected chi connectivity index (χ4v) is 1.13. The molecule has 2 heteroatoms. The molecule has 0 radical (unpaired) electrons. The Morgan fingerprint density at radius 2 is 1.92 bits per heavy atom. The van der Waals surface area contributed by atoms with Crippen LogP contribution in [0.5, 0.6) is 0 Å². The molecule has 0 aliphatic rings. The van der Waals surface area contributed by atoms with Crippen LogP contribution >= 0.6 is 0 Å². The van der Waals surface area contributed by atoms with Crippen molar-refractivity contribution in [3.05, 3.63) is 12.2 Å². The topological polar surface area (TPSA) is 40.5 Å². The maximum Gasteiger partial charge on any atom is 0.0720 e. The van der Waals surface area contributed by atoms with E-state index in [1.165, 1.54) is 12.8 Å². The van der Waals surface area contributed by atoms with E-state index in [0.717, 1.165) is 12.8 Å². The van der Waals surface area contributed by atoms with Crippen LogP contribution in [0.15, 0.2) is 12.2 Å². The SMILES string of the molecule is CCCCC[C@@H](O)/C=C\C[C@H](C)O. The first-order valence-electron chi connectivity index (χ1n) is 5.19. The maximum absolute atomic E-state index is 9.42. The molecule has 78 valence electrons. The van der Waals surface area contributed by atoms with Crippen LogP contribution in [0.4, 0.5) is 0 Å². The summed E-state index contributed by atoms with van der Waals surface area (Å²) in [5.74, 6) is 0. The van der Waals surface area contributed by atoms with Gasteiger partial charge in [-0.15, -0.1) is 0 Å². The summed E-state index contributed by atoms with van der Waals surface area (Å²) in [7, 11) is 0. The summed E-state index contributed by atoms with van der Waals surface area (Å²) in [6.45, 7) is 3.89. The van der Waals surface area contributed by atoms with Crippen molar-refractivity contribution in [2.45, 2.75) is 58.2 Å². The van der Waals surface area contributed by atoms with Gasteiger partial charge in [0, 0.05) is 0 Å². The maximum atomic E-state index is 9.42. The summed E-state index contributed by atoms with van der Waals surface area (Å²) in [5.41, 5.74) is 0. The monoisotopic (exact) mass is 186 g/mol. The van der Waals surface area contributed by atoms with Gasteiger partial charge in [0.05, 0.1) is 12.2 Å². The molecule has 0 bridgehead atoms. The lowest BCUT2D eigenvalue weighted by Crippen LogP contribution is -2.02. The van der Waals surface area contributed by atoms with Gasteiger partial charge in [-0.25, -0.2) is 0 Å².